The first-order valence-electron chi connectivity index (χ1n) is 4.04. The van der Waals surface area contributed by atoms with Gasteiger partial charge in [-0.1, -0.05) is 0 Å². The summed E-state index contributed by atoms with van der Waals surface area (Å²) in [6, 6.07) is -0.179. The van der Waals surface area contributed by atoms with Crippen molar-refractivity contribution in [2.75, 3.05) is 13.2 Å². The number of cyclic esters (lactones) is 1. The molecule has 0 radical (unpaired) electrons. The highest BCUT2D eigenvalue weighted by molar-refractivity contribution is 5.70. The average molecular weight is 171 g/mol. The fourth-order valence-electron chi connectivity index (χ4n) is 1.97. The third-order valence-electron chi connectivity index (χ3n) is 2.74. The van der Waals surface area contributed by atoms with E-state index in [4.69, 9.17) is 9.47 Å². The van der Waals surface area contributed by atoms with Crippen LogP contribution in [-0.2, 0) is 9.47 Å². The molecule has 0 aromatic heterocycles. The quantitative estimate of drug-likeness (QED) is 0.472. The van der Waals surface area contributed by atoms with Gasteiger partial charge in [0.25, 0.3) is 0 Å². The van der Waals surface area contributed by atoms with Crippen LogP contribution < -0.4 is 0 Å². The van der Waals surface area contributed by atoms with Crippen molar-refractivity contribution < 1.29 is 19.4 Å². The van der Waals surface area contributed by atoms with Crippen LogP contribution in [0.5, 0.6) is 0 Å². The number of carbonyl (C=O) groups excluding carboxylic acids is 1. The van der Waals surface area contributed by atoms with E-state index < -0.39 is 6.10 Å². The Morgan fingerprint density at radius 2 is 2.42 bits per heavy atom. The third-order valence-corrected chi connectivity index (χ3v) is 2.74. The maximum Gasteiger partial charge on any atom is 0.410 e. The van der Waals surface area contributed by atoms with E-state index in [9.17, 15) is 9.90 Å². The Kier molecular flexibility index (Phi) is 1.07. The average Bonchev–Trinajstić information content (AvgIpc) is 2.73. The SMILES string of the molecule is O=C1OC[C@H]2[C@H](O)[C@@H]3O[C@@H]3CN12. The molecule has 66 valence electrons. The number of carbonyl (C=O) groups is 1. The molecule has 0 spiro atoms. The zero-order chi connectivity index (χ0) is 8.29. The van der Waals surface area contributed by atoms with Crippen molar-refractivity contribution in [1.82, 2.24) is 4.90 Å². The molecular formula is C7H9NO4. The lowest BCUT2D eigenvalue weighted by Crippen LogP contribution is -2.50. The molecule has 3 aliphatic heterocycles. The minimum absolute atomic E-state index is 0.0434. The first-order chi connectivity index (χ1) is 5.77. The van der Waals surface area contributed by atoms with E-state index in [0.29, 0.717) is 13.2 Å². The second kappa shape index (κ2) is 1.92. The number of aliphatic hydroxyl groups is 1. The van der Waals surface area contributed by atoms with Crippen LogP contribution in [0.1, 0.15) is 0 Å². The van der Waals surface area contributed by atoms with Crippen LogP contribution in [0.4, 0.5) is 4.79 Å². The van der Waals surface area contributed by atoms with Gasteiger partial charge in [0.2, 0.25) is 0 Å². The van der Waals surface area contributed by atoms with E-state index in [-0.39, 0.29) is 24.3 Å². The van der Waals surface area contributed by atoms with Gasteiger partial charge in [0.1, 0.15) is 24.9 Å². The van der Waals surface area contributed by atoms with Gasteiger partial charge in [-0.2, -0.15) is 0 Å². The molecular weight excluding hydrogens is 162 g/mol. The molecule has 12 heavy (non-hydrogen) atoms. The smallest absolute Gasteiger partial charge is 0.410 e. The van der Waals surface area contributed by atoms with E-state index in [1.807, 2.05) is 0 Å². The number of aliphatic hydroxyl groups excluding tert-OH is 1. The Labute approximate surface area is 68.9 Å². The molecule has 1 N–H and O–H groups in total. The molecule has 5 nitrogen and oxygen atoms in total. The molecule has 3 fully saturated rings. The van der Waals surface area contributed by atoms with Gasteiger partial charge >= 0.3 is 6.09 Å². The van der Waals surface area contributed by atoms with Crippen molar-refractivity contribution in [3.05, 3.63) is 0 Å². The van der Waals surface area contributed by atoms with Crippen molar-refractivity contribution in [3.8, 4) is 0 Å². The molecule has 0 aromatic rings. The Morgan fingerprint density at radius 3 is 3.25 bits per heavy atom. The second-order valence-corrected chi connectivity index (χ2v) is 3.43. The minimum Gasteiger partial charge on any atom is -0.447 e. The molecule has 3 aliphatic rings. The topological polar surface area (TPSA) is 62.3 Å². The molecule has 4 atom stereocenters. The number of hydrogen-bond donors (Lipinski definition) is 1. The Morgan fingerprint density at radius 1 is 1.58 bits per heavy atom. The number of amides is 1. The number of ether oxygens (including phenoxy) is 2. The summed E-state index contributed by atoms with van der Waals surface area (Å²) in [5.74, 6) is 0. The summed E-state index contributed by atoms with van der Waals surface area (Å²) in [7, 11) is 0. The van der Waals surface area contributed by atoms with Crippen LogP contribution in [0.2, 0.25) is 0 Å². The van der Waals surface area contributed by atoms with Crippen molar-refractivity contribution in [1.29, 1.82) is 0 Å². The van der Waals surface area contributed by atoms with Gasteiger partial charge in [-0.25, -0.2) is 4.79 Å². The Bertz CT molecular complexity index is 244. The number of piperidine rings is 1. The van der Waals surface area contributed by atoms with Crippen molar-refractivity contribution >= 4 is 6.09 Å². The molecule has 0 aliphatic carbocycles. The molecule has 1 amide bonds. The number of fused-ring (bicyclic) bond motifs is 2. The molecule has 0 saturated carbocycles. The zero-order valence-corrected chi connectivity index (χ0v) is 6.34. The summed E-state index contributed by atoms with van der Waals surface area (Å²) in [6.07, 6.45) is -0.897. The molecule has 0 bridgehead atoms. The second-order valence-electron chi connectivity index (χ2n) is 3.43. The van der Waals surface area contributed by atoms with E-state index in [2.05, 4.69) is 0 Å². The first kappa shape index (κ1) is 6.68. The molecule has 3 rings (SSSR count). The fraction of sp³-hybridized carbons (Fsp3) is 0.857. The van der Waals surface area contributed by atoms with Crippen LogP contribution in [0.15, 0.2) is 0 Å². The van der Waals surface area contributed by atoms with Crippen molar-refractivity contribution in [2.24, 2.45) is 0 Å². The first-order valence-corrected chi connectivity index (χ1v) is 4.04. The van der Waals surface area contributed by atoms with Crippen LogP contribution in [-0.4, -0.2) is 53.6 Å². The molecule has 3 saturated heterocycles. The standard InChI is InChI=1S/C7H9NO4/c9-5-3-2-11-7(10)8(3)1-4-6(5)12-4/h3-6,9H,1-2H2/t3-,4+,5-,6+/m0/s1. The molecule has 3 heterocycles. The zero-order valence-electron chi connectivity index (χ0n) is 6.34. The number of epoxide rings is 1. The lowest BCUT2D eigenvalue weighted by Gasteiger charge is -2.27. The summed E-state index contributed by atoms with van der Waals surface area (Å²) in [5.41, 5.74) is 0. The highest BCUT2D eigenvalue weighted by atomic mass is 16.6. The Balaban J connectivity index is 1.88. The normalized spacial score (nSPS) is 49.8. The molecule has 5 heteroatoms. The summed E-state index contributed by atoms with van der Waals surface area (Å²) < 4.78 is 9.99. The van der Waals surface area contributed by atoms with Gasteiger partial charge in [0.05, 0.1) is 12.6 Å². The highest BCUT2D eigenvalue weighted by Gasteiger charge is 2.57. The van der Waals surface area contributed by atoms with E-state index in [1.54, 1.807) is 4.90 Å². The Hall–Kier alpha value is -0.810. The van der Waals surface area contributed by atoms with Gasteiger partial charge in [-0.05, 0) is 0 Å². The lowest BCUT2D eigenvalue weighted by molar-refractivity contribution is 0.0585. The van der Waals surface area contributed by atoms with E-state index in [0.717, 1.165) is 0 Å². The number of nitrogens with zero attached hydrogens (tertiary/aromatic N) is 1. The maximum atomic E-state index is 11.1. The van der Waals surface area contributed by atoms with Crippen LogP contribution in [0.3, 0.4) is 0 Å². The number of hydrogen-bond acceptors (Lipinski definition) is 4. The maximum absolute atomic E-state index is 11.1. The predicted molar refractivity (Wildman–Crippen MR) is 36.5 cm³/mol. The largest absolute Gasteiger partial charge is 0.447 e. The summed E-state index contributed by atoms with van der Waals surface area (Å²) in [5, 5.41) is 9.61. The van der Waals surface area contributed by atoms with Crippen molar-refractivity contribution in [2.45, 2.75) is 24.4 Å². The number of rotatable bonds is 0. The molecule has 0 unspecified atom stereocenters. The molecule has 0 aromatic carbocycles. The fourth-order valence-corrected chi connectivity index (χ4v) is 1.97. The minimum atomic E-state index is -0.560. The van der Waals surface area contributed by atoms with Crippen LogP contribution >= 0.6 is 0 Å². The van der Waals surface area contributed by atoms with Gasteiger partial charge in [-0.15, -0.1) is 0 Å². The van der Waals surface area contributed by atoms with Crippen molar-refractivity contribution in [3.63, 3.8) is 0 Å². The highest BCUT2D eigenvalue weighted by Crippen LogP contribution is 2.36. The predicted octanol–water partition coefficient (Wildman–Crippen LogP) is -1.05. The van der Waals surface area contributed by atoms with Gasteiger partial charge < -0.3 is 14.6 Å². The van der Waals surface area contributed by atoms with Gasteiger partial charge in [0.15, 0.2) is 0 Å². The lowest BCUT2D eigenvalue weighted by atomic mass is 10.0. The van der Waals surface area contributed by atoms with E-state index in [1.165, 1.54) is 0 Å². The van der Waals surface area contributed by atoms with Crippen LogP contribution in [0, 0.1) is 0 Å². The van der Waals surface area contributed by atoms with E-state index >= 15 is 0 Å². The summed E-state index contributed by atoms with van der Waals surface area (Å²) >= 11 is 0. The monoisotopic (exact) mass is 171 g/mol. The summed E-state index contributed by atoms with van der Waals surface area (Å²) in [4.78, 5) is 12.6. The summed E-state index contributed by atoms with van der Waals surface area (Å²) in [6.45, 7) is 0.873. The van der Waals surface area contributed by atoms with Crippen LogP contribution in [0.25, 0.3) is 0 Å². The van der Waals surface area contributed by atoms with Gasteiger partial charge in [0, 0.05) is 0 Å². The third kappa shape index (κ3) is 0.676. The van der Waals surface area contributed by atoms with Gasteiger partial charge in [-0.3, -0.25) is 4.90 Å².